The van der Waals surface area contributed by atoms with Crippen molar-refractivity contribution in [1.29, 1.82) is 0 Å². The maximum Gasteiger partial charge on any atom is 0.311 e. The molecule has 3 heteroatoms. The molecule has 0 spiro atoms. The van der Waals surface area contributed by atoms with Crippen molar-refractivity contribution in [2.24, 2.45) is 22.5 Å². The Hall–Kier alpha value is -0.570. The van der Waals surface area contributed by atoms with E-state index in [0.29, 0.717) is 0 Å². The third-order valence-electron chi connectivity index (χ3n) is 2.51. The molecule has 0 saturated heterocycles. The van der Waals surface area contributed by atoms with E-state index < -0.39 is 5.72 Å². The van der Waals surface area contributed by atoms with Gasteiger partial charge in [-0.3, -0.25) is 10.5 Å². The van der Waals surface area contributed by atoms with E-state index in [-0.39, 0.29) is 22.7 Å². The number of ether oxygens (including phenoxy) is 1. The molecule has 2 N–H and O–H groups in total. The molecular formula is C14H29NO2. The van der Waals surface area contributed by atoms with Crippen LogP contribution in [0.4, 0.5) is 0 Å². The number of rotatable bonds is 3. The lowest BCUT2D eigenvalue weighted by Crippen LogP contribution is -2.43. The van der Waals surface area contributed by atoms with E-state index in [1.165, 1.54) is 0 Å². The van der Waals surface area contributed by atoms with Gasteiger partial charge in [0.2, 0.25) is 0 Å². The molecule has 0 fully saturated rings. The van der Waals surface area contributed by atoms with Gasteiger partial charge in [-0.2, -0.15) is 0 Å². The van der Waals surface area contributed by atoms with Crippen LogP contribution in [0.25, 0.3) is 0 Å². The molecule has 0 amide bonds. The largest absolute Gasteiger partial charge is 0.445 e. The topological polar surface area (TPSA) is 52.3 Å². The van der Waals surface area contributed by atoms with Gasteiger partial charge in [-0.15, -0.1) is 0 Å². The van der Waals surface area contributed by atoms with Gasteiger partial charge in [0.05, 0.1) is 5.92 Å². The molecular weight excluding hydrogens is 214 g/mol. The fourth-order valence-electron chi connectivity index (χ4n) is 1.69. The normalized spacial score (nSPS) is 15.6. The summed E-state index contributed by atoms with van der Waals surface area (Å²) in [5, 5.41) is 0. The van der Waals surface area contributed by atoms with Gasteiger partial charge in [-0.05, 0) is 31.1 Å². The fourth-order valence-corrected chi connectivity index (χ4v) is 1.69. The van der Waals surface area contributed by atoms with Crippen molar-refractivity contribution in [2.75, 3.05) is 0 Å². The van der Waals surface area contributed by atoms with Gasteiger partial charge in [0.25, 0.3) is 0 Å². The highest BCUT2D eigenvalue weighted by molar-refractivity contribution is 5.73. The summed E-state index contributed by atoms with van der Waals surface area (Å²) < 4.78 is 5.31. The molecule has 1 unspecified atom stereocenters. The van der Waals surface area contributed by atoms with E-state index in [1.807, 2.05) is 0 Å². The van der Waals surface area contributed by atoms with Gasteiger partial charge < -0.3 is 4.74 Å². The summed E-state index contributed by atoms with van der Waals surface area (Å²) in [6.45, 7) is 16.0. The second kappa shape index (κ2) is 4.97. The summed E-state index contributed by atoms with van der Waals surface area (Å²) in [7, 11) is 0. The van der Waals surface area contributed by atoms with E-state index in [4.69, 9.17) is 10.5 Å². The minimum Gasteiger partial charge on any atom is -0.445 e. The lowest BCUT2D eigenvalue weighted by atomic mass is 9.72. The summed E-state index contributed by atoms with van der Waals surface area (Å²) in [5.74, 6) is -0.328. The summed E-state index contributed by atoms with van der Waals surface area (Å²) in [4.78, 5) is 12.2. The number of hydrogen-bond acceptors (Lipinski definition) is 3. The minimum atomic E-state index is -0.904. The SMILES string of the molecule is CC(C)(C)CC(C(=O)OC(C)(C)N)C(C)(C)C. The number of nitrogens with two attached hydrogens (primary N) is 1. The van der Waals surface area contributed by atoms with Crippen molar-refractivity contribution in [1.82, 2.24) is 0 Å². The molecule has 0 rings (SSSR count). The van der Waals surface area contributed by atoms with Crippen LogP contribution in [-0.4, -0.2) is 11.7 Å². The Morgan fingerprint density at radius 1 is 1.06 bits per heavy atom. The first-order valence-corrected chi connectivity index (χ1v) is 6.24. The maximum atomic E-state index is 12.2. The third-order valence-corrected chi connectivity index (χ3v) is 2.51. The van der Waals surface area contributed by atoms with Gasteiger partial charge >= 0.3 is 5.97 Å². The third kappa shape index (κ3) is 7.37. The Bertz CT molecular complexity index is 263. The molecule has 102 valence electrons. The second-order valence-corrected chi connectivity index (χ2v) is 7.71. The van der Waals surface area contributed by atoms with Crippen molar-refractivity contribution in [2.45, 2.75) is 67.5 Å². The highest BCUT2D eigenvalue weighted by Gasteiger charge is 2.37. The molecule has 0 aliphatic rings. The fraction of sp³-hybridized carbons (Fsp3) is 0.929. The molecule has 3 nitrogen and oxygen atoms in total. The number of carbonyl (C=O) groups is 1. The molecule has 0 aromatic carbocycles. The Morgan fingerprint density at radius 2 is 1.47 bits per heavy atom. The average molecular weight is 243 g/mol. The first kappa shape index (κ1) is 16.4. The van der Waals surface area contributed by atoms with Crippen LogP contribution in [-0.2, 0) is 9.53 Å². The van der Waals surface area contributed by atoms with E-state index in [1.54, 1.807) is 13.8 Å². The number of hydrogen-bond donors (Lipinski definition) is 1. The molecule has 0 saturated carbocycles. The number of esters is 1. The van der Waals surface area contributed by atoms with Crippen molar-refractivity contribution < 1.29 is 9.53 Å². The smallest absolute Gasteiger partial charge is 0.311 e. The standard InChI is InChI=1S/C14H29NO2/c1-12(2,3)9-10(13(4,5)6)11(16)17-14(7,8)15/h10H,9,15H2,1-8H3. The molecule has 17 heavy (non-hydrogen) atoms. The summed E-state index contributed by atoms with van der Waals surface area (Å²) >= 11 is 0. The zero-order chi connectivity index (χ0) is 14.1. The summed E-state index contributed by atoms with van der Waals surface area (Å²) in [5.41, 5.74) is 4.81. The quantitative estimate of drug-likeness (QED) is 0.611. The van der Waals surface area contributed by atoms with Crippen LogP contribution in [0.1, 0.15) is 61.8 Å². The van der Waals surface area contributed by atoms with Gasteiger partial charge in [-0.1, -0.05) is 41.5 Å². The predicted molar refractivity (Wildman–Crippen MR) is 71.4 cm³/mol. The zero-order valence-electron chi connectivity index (χ0n) is 12.7. The molecule has 0 heterocycles. The number of carbonyl (C=O) groups excluding carboxylic acids is 1. The first-order chi connectivity index (χ1) is 7.22. The van der Waals surface area contributed by atoms with Gasteiger partial charge in [-0.25, -0.2) is 0 Å². The van der Waals surface area contributed by atoms with E-state index in [2.05, 4.69) is 41.5 Å². The van der Waals surface area contributed by atoms with Crippen molar-refractivity contribution in [3.63, 3.8) is 0 Å². The van der Waals surface area contributed by atoms with E-state index >= 15 is 0 Å². The van der Waals surface area contributed by atoms with Crippen molar-refractivity contribution in [3.05, 3.63) is 0 Å². The predicted octanol–water partition coefficient (Wildman–Crippen LogP) is 3.32. The molecule has 0 bridgehead atoms. The van der Waals surface area contributed by atoms with Crippen LogP contribution in [0.15, 0.2) is 0 Å². The zero-order valence-corrected chi connectivity index (χ0v) is 12.7. The van der Waals surface area contributed by atoms with Gasteiger partial charge in [0.15, 0.2) is 5.72 Å². The molecule has 0 aromatic rings. The maximum absolute atomic E-state index is 12.2. The van der Waals surface area contributed by atoms with Crippen LogP contribution in [0, 0.1) is 16.7 Å². The molecule has 0 radical (unpaired) electrons. The van der Waals surface area contributed by atoms with Crippen LogP contribution < -0.4 is 5.73 Å². The Kier molecular flexibility index (Phi) is 4.80. The average Bonchev–Trinajstić information content (AvgIpc) is 1.92. The summed E-state index contributed by atoms with van der Waals surface area (Å²) in [6, 6.07) is 0. The Labute approximate surface area is 106 Å². The monoisotopic (exact) mass is 243 g/mol. The van der Waals surface area contributed by atoms with Gasteiger partial charge in [0, 0.05) is 0 Å². The molecule has 1 atom stereocenters. The Balaban J connectivity index is 4.90. The highest BCUT2D eigenvalue weighted by atomic mass is 16.6. The molecule has 0 aliphatic carbocycles. The summed E-state index contributed by atoms with van der Waals surface area (Å²) in [6.07, 6.45) is 0.797. The Morgan fingerprint density at radius 3 is 1.71 bits per heavy atom. The van der Waals surface area contributed by atoms with Crippen LogP contribution >= 0.6 is 0 Å². The lowest BCUT2D eigenvalue weighted by Gasteiger charge is -2.35. The van der Waals surface area contributed by atoms with Crippen LogP contribution in [0.5, 0.6) is 0 Å². The van der Waals surface area contributed by atoms with Crippen molar-refractivity contribution in [3.8, 4) is 0 Å². The lowest BCUT2D eigenvalue weighted by molar-refractivity contribution is -0.166. The first-order valence-electron chi connectivity index (χ1n) is 6.24. The van der Waals surface area contributed by atoms with E-state index in [0.717, 1.165) is 6.42 Å². The van der Waals surface area contributed by atoms with Crippen LogP contribution in [0.2, 0.25) is 0 Å². The van der Waals surface area contributed by atoms with Crippen molar-refractivity contribution >= 4 is 5.97 Å². The van der Waals surface area contributed by atoms with Crippen LogP contribution in [0.3, 0.4) is 0 Å². The second-order valence-electron chi connectivity index (χ2n) is 7.71. The highest BCUT2D eigenvalue weighted by Crippen LogP contribution is 2.37. The minimum absolute atomic E-state index is 0.0930. The molecule has 0 aliphatic heterocycles. The van der Waals surface area contributed by atoms with E-state index in [9.17, 15) is 4.79 Å². The van der Waals surface area contributed by atoms with Gasteiger partial charge in [0.1, 0.15) is 0 Å². The molecule has 0 aromatic heterocycles.